The number of carboxylic acids is 1. The van der Waals surface area contributed by atoms with Crippen molar-refractivity contribution >= 4 is 56.3 Å². The Hall–Kier alpha value is -2.89. The normalized spacial score (nSPS) is 11.6. The minimum Gasteiger partial charge on any atom is -0.478 e. The van der Waals surface area contributed by atoms with Gasteiger partial charge in [-0.3, -0.25) is 9.20 Å². The van der Waals surface area contributed by atoms with E-state index in [-0.39, 0.29) is 0 Å². The maximum atomic E-state index is 12.0. The monoisotopic (exact) mass is 381 g/mol. The third kappa shape index (κ3) is 2.62. The van der Waals surface area contributed by atoms with E-state index in [1.165, 1.54) is 11.3 Å². The Labute approximate surface area is 157 Å². The highest BCUT2D eigenvalue weighted by Crippen LogP contribution is 2.40. The summed E-state index contributed by atoms with van der Waals surface area (Å²) in [7, 11) is 0. The van der Waals surface area contributed by atoms with Gasteiger partial charge in [0.15, 0.2) is 6.29 Å². The zero-order valence-corrected chi connectivity index (χ0v) is 14.9. The number of carbonyl (C=O) groups excluding carboxylic acids is 1. The second kappa shape index (κ2) is 6.44. The molecule has 0 aliphatic heterocycles. The van der Waals surface area contributed by atoms with Crippen LogP contribution in [0.15, 0.2) is 54.6 Å². The van der Waals surface area contributed by atoms with Gasteiger partial charge >= 0.3 is 5.97 Å². The number of carboxylic acid groups (broad SMARTS) is 1. The molecule has 0 unspecified atom stereocenters. The Morgan fingerprint density at radius 3 is 2.54 bits per heavy atom. The number of benzene rings is 2. The second-order valence-corrected chi connectivity index (χ2v) is 7.15. The molecule has 26 heavy (non-hydrogen) atoms. The van der Waals surface area contributed by atoms with E-state index in [4.69, 9.17) is 16.7 Å². The van der Waals surface area contributed by atoms with Crippen molar-refractivity contribution < 1.29 is 14.7 Å². The lowest BCUT2D eigenvalue weighted by molar-refractivity contribution is -0.131. The van der Waals surface area contributed by atoms with E-state index < -0.39 is 5.97 Å². The molecule has 0 amide bonds. The molecule has 0 radical (unpaired) electrons. The van der Waals surface area contributed by atoms with Crippen LogP contribution in [-0.4, -0.2) is 21.8 Å². The van der Waals surface area contributed by atoms with Crippen LogP contribution in [0.4, 0.5) is 0 Å². The predicted molar refractivity (Wildman–Crippen MR) is 105 cm³/mol. The van der Waals surface area contributed by atoms with Crippen LogP contribution in [0.5, 0.6) is 0 Å². The Kier molecular flexibility index (Phi) is 4.11. The number of para-hydroxylation sites is 1. The number of rotatable bonds is 4. The number of aldehydes is 1. The number of hydrogen-bond acceptors (Lipinski definition) is 3. The Balaban J connectivity index is 2.14. The summed E-state index contributed by atoms with van der Waals surface area (Å²) in [6.45, 7) is 0. The Morgan fingerprint density at radius 2 is 1.85 bits per heavy atom. The van der Waals surface area contributed by atoms with E-state index in [0.29, 0.717) is 21.8 Å². The molecule has 4 aromatic rings. The largest absolute Gasteiger partial charge is 0.478 e. The Morgan fingerprint density at radius 1 is 1.12 bits per heavy atom. The van der Waals surface area contributed by atoms with Crippen molar-refractivity contribution in [1.29, 1.82) is 0 Å². The molecule has 4 nitrogen and oxygen atoms in total. The maximum absolute atomic E-state index is 12.0. The van der Waals surface area contributed by atoms with Gasteiger partial charge < -0.3 is 5.11 Å². The Bertz CT molecular complexity index is 1190. The van der Waals surface area contributed by atoms with Crippen molar-refractivity contribution in [2.75, 3.05) is 0 Å². The summed E-state index contributed by atoms with van der Waals surface area (Å²) >= 11 is 7.51. The van der Waals surface area contributed by atoms with Gasteiger partial charge in [-0.2, -0.15) is 0 Å². The predicted octanol–water partition coefficient (Wildman–Crippen LogP) is 5.38. The highest BCUT2D eigenvalue weighted by molar-refractivity contribution is 7.24. The highest BCUT2D eigenvalue weighted by Gasteiger charge is 2.21. The number of aliphatic carboxylic acids is 1. The lowest BCUT2D eigenvalue weighted by Gasteiger charge is -2.04. The quantitative estimate of drug-likeness (QED) is 0.381. The third-order valence-corrected chi connectivity index (χ3v) is 5.56. The van der Waals surface area contributed by atoms with Crippen molar-refractivity contribution in [3.63, 3.8) is 0 Å². The van der Waals surface area contributed by atoms with Gasteiger partial charge in [-0.15, -0.1) is 11.3 Å². The van der Waals surface area contributed by atoms with Crippen LogP contribution in [0.25, 0.3) is 32.2 Å². The van der Waals surface area contributed by atoms with Crippen molar-refractivity contribution in [3.05, 3.63) is 70.9 Å². The summed E-state index contributed by atoms with van der Waals surface area (Å²) in [5.74, 6) is -1.04. The molecule has 0 bridgehead atoms. The van der Waals surface area contributed by atoms with Gasteiger partial charge in [-0.05, 0) is 35.9 Å². The molecule has 6 heteroatoms. The van der Waals surface area contributed by atoms with E-state index in [2.05, 4.69) is 0 Å². The molecule has 128 valence electrons. The fourth-order valence-electron chi connectivity index (χ4n) is 3.10. The first-order valence-corrected chi connectivity index (χ1v) is 8.97. The number of aromatic nitrogens is 1. The highest BCUT2D eigenvalue weighted by atomic mass is 35.5. The van der Waals surface area contributed by atoms with E-state index >= 15 is 0 Å². The van der Waals surface area contributed by atoms with E-state index in [0.717, 1.165) is 33.0 Å². The van der Waals surface area contributed by atoms with Crippen LogP contribution < -0.4 is 0 Å². The molecule has 0 spiro atoms. The zero-order chi connectivity index (χ0) is 18.3. The third-order valence-electron chi connectivity index (χ3n) is 4.15. The van der Waals surface area contributed by atoms with Gasteiger partial charge in [-0.25, -0.2) is 4.79 Å². The van der Waals surface area contributed by atoms with Crippen molar-refractivity contribution in [1.82, 2.24) is 4.40 Å². The molecule has 1 N–H and O–H groups in total. The van der Waals surface area contributed by atoms with Crippen LogP contribution in [0, 0.1) is 0 Å². The summed E-state index contributed by atoms with van der Waals surface area (Å²) < 4.78 is 2.91. The molecule has 2 aromatic carbocycles. The summed E-state index contributed by atoms with van der Waals surface area (Å²) in [6, 6.07) is 14.9. The molecule has 0 saturated carbocycles. The number of carbonyl (C=O) groups is 2. The first-order valence-electron chi connectivity index (χ1n) is 7.78. The van der Waals surface area contributed by atoms with Gasteiger partial charge in [0.2, 0.25) is 0 Å². The van der Waals surface area contributed by atoms with E-state index in [1.807, 2.05) is 40.8 Å². The van der Waals surface area contributed by atoms with Crippen LogP contribution in [0.2, 0.25) is 5.02 Å². The number of fused-ring (bicyclic) bond motifs is 3. The molecule has 0 atom stereocenters. The summed E-state index contributed by atoms with van der Waals surface area (Å²) in [4.78, 5) is 23.9. The fourth-order valence-corrected chi connectivity index (χ4v) is 4.41. The summed E-state index contributed by atoms with van der Waals surface area (Å²) in [6.07, 6.45) is 3.45. The number of hydrogen-bond donors (Lipinski definition) is 1. The van der Waals surface area contributed by atoms with Gasteiger partial charge in [0, 0.05) is 22.2 Å². The van der Waals surface area contributed by atoms with Crippen LogP contribution >= 0.6 is 22.9 Å². The van der Waals surface area contributed by atoms with Crippen LogP contribution in [0.3, 0.4) is 0 Å². The van der Waals surface area contributed by atoms with Crippen molar-refractivity contribution in [3.8, 4) is 11.1 Å². The van der Waals surface area contributed by atoms with Crippen molar-refractivity contribution in [2.24, 2.45) is 0 Å². The SMILES string of the molecule is O=Cc1c(-c2ccc(Cl)cc2)c(/C=C/C(=O)O)c2sc3ccccc3n12. The smallest absolute Gasteiger partial charge is 0.328 e. The number of thiazole rings is 1. The van der Waals surface area contributed by atoms with E-state index in [9.17, 15) is 9.59 Å². The topological polar surface area (TPSA) is 58.8 Å². The molecule has 0 aliphatic rings. The standard InChI is InChI=1S/C20H12ClNO3S/c21-13-7-5-12(6-8-13)19-14(9-10-18(24)25)20-22(16(19)11-23)15-3-1-2-4-17(15)26-20/h1-11H,(H,24,25)/b10-9+. The summed E-state index contributed by atoms with van der Waals surface area (Å²) in [5, 5.41) is 9.66. The minimum absolute atomic E-state index is 0.491. The van der Waals surface area contributed by atoms with Gasteiger partial charge in [0.05, 0.1) is 15.9 Å². The van der Waals surface area contributed by atoms with Crippen LogP contribution in [-0.2, 0) is 4.79 Å². The zero-order valence-electron chi connectivity index (χ0n) is 13.3. The maximum Gasteiger partial charge on any atom is 0.328 e. The molecule has 0 aliphatic carbocycles. The van der Waals surface area contributed by atoms with Gasteiger partial charge in [-0.1, -0.05) is 35.9 Å². The molecule has 2 heterocycles. The van der Waals surface area contributed by atoms with Crippen molar-refractivity contribution in [2.45, 2.75) is 0 Å². The van der Waals surface area contributed by atoms with E-state index in [1.54, 1.807) is 18.2 Å². The minimum atomic E-state index is -1.04. The lowest BCUT2D eigenvalue weighted by Crippen LogP contribution is -1.91. The van der Waals surface area contributed by atoms with Gasteiger partial charge in [0.25, 0.3) is 0 Å². The summed E-state index contributed by atoms with van der Waals surface area (Å²) in [5.41, 5.74) is 3.62. The number of halogens is 1. The lowest BCUT2D eigenvalue weighted by atomic mass is 10.0. The average molecular weight is 382 g/mol. The molecular weight excluding hydrogens is 370 g/mol. The fraction of sp³-hybridized carbons (Fsp3) is 0. The van der Waals surface area contributed by atoms with Gasteiger partial charge in [0.1, 0.15) is 4.83 Å². The molecule has 4 rings (SSSR count). The second-order valence-electron chi connectivity index (χ2n) is 5.68. The molecule has 0 saturated heterocycles. The molecular formula is C20H12ClNO3S. The first kappa shape index (κ1) is 16.6. The van der Waals surface area contributed by atoms with Crippen LogP contribution in [0.1, 0.15) is 16.1 Å². The first-order chi connectivity index (χ1) is 12.6. The average Bonchev–Trinajstić information content (AvgIpc) is 3.15. The molecule has 0 fully saturated rings. The number of nitrogens with zero attached hydrogens (tertiary/aromatic N) is 1. The molecule has 2 aromatic heterocycles.